The van der Waals surface area contributed by atoms with Crippen LogP contribution in [0.3, 0.4) is 0 Å². The van der Waals surface area contributed by atoms with Gasteiger partial charge in [0, 0.05) is 17.8 Å². The molecule has 0 bridgehead atoms. The number of aliphatic carboxylic acids is 1. The highest BCUT2D eigenvalue weighted by Crippen LogP contribution is 2.21. The van der Waals surface area contributed by atoms with Crippen LogP contribution in [0.2, 0.25) is 0 Å². The van der Waals surface area contributed by atoms with Crippen LogP contribution in [0.4, 0.5) is 11.5 Å². The lowest BCUT2D eigenvalue weighted by Crippen LogP contribution is -2.20. The number of aromatic nitrogens is 2. The number of hydrogen-bond donors (Lipinski definition) is 2. The summed E-state index contributed by atoms with van der Waals surface area (Å²) in [5, 5.41) is 12.6. The van der Waals surface area contributed by atoms with E-state index in [1.807, 2.05) is 0 Å². The lowest BCUT2D eigenvalue weighted by molar-refractivity contribution is -0.297. The molecule has 0 saturated heterocycles. The monoisotopic (exact) mass is 407 g/mol. The fraction of sp³-hybridized carbons (Fsp3) is 0.125. The van der Waals surface area contributed by atoms with E-state index >= 15 is 0 Å². The summed E-state index contributed by atoms with van der Waals surface area (Å²) >= 11 is 0. The van der Waals surface area contributed by atoms with E-state index in [4.69, 9.17) is 9.47 Å². The van der Waals surface area contributed by atoms with E-state index in [0.717, 1.165) is 6.08 Å². The molecule has 1 aromatic carbocycles. The van der Waals surface area contributed by atoms with Gasteiger partial charge in [0.25, 0.3) is 10.0 Å². The van der Waals surface area contributed by atoms with Gasteiger partial charge in [-0.05, 0) is 30.3 Å². The second-order valence-electron chi connectivity index (χ2n) is 5.05. The molecule has 2 aromatic rings. The van der Waals surface area contributed by atoms with Crippen LogP contribution >= 0.6 is 0 Å². The summed E-state index contributed by atoms with van der Waals surface area (Å²) in [6, 6.07) is 6.35. The van der Waals surface area contributed by atoms with Gasteiger partial charge >= 0.3 is 6.01 Å². The highest BCUT2D eigenvalue weighted by atomic mass is 32.2. The average Bonchev–Trinajstić information content (AvgIpc) is 2.66. The van der Waals surface area contributed by atoms with Gasteiger partial charge in [-0.3, -0.25) is 9.52 Å². The Morgan fingerprint density at radius 3 is 2.32 bits per heavy atom. The molecule has 0 unspecified atom stereocenters. The zero-order valence-corrected chi connectivity index (χ0v) is 15.5. The molecule has 1 amide bonds. The van der Waals surface area contributed by atoms with Crippen LogP contribution in [0, 0.1) is 0 Å². The highest BCUT2D eigenvalue weighted by molar-refractivity contribution is 7.92. The van der Waals surface area contributed by atoms with E-state index in [1.54, 1.807) is 0 Å². The lowest BCUT2D eigenvalue weighted by Gasteiger charge is -2.10. The second kappa shape index (κ2) is 8.81. The van der Waals surface area contributed by atoms with Crippen molar-refractivity contribution >= 4 is 33.4 Å². The molecule has 0 saturated carbocycles. The number of methoxy groups -OCH3 is 2. The van der Waals surface area contributed by atoms with Crippen molar-refractivity contribution < 1.29 is 32.6 Å². The van der Waals surface area contributed by atoms with E-state index in [9.17, 15) is 23.1 Å². The highest BCUT2D eigenvalue weighted by Gasteiger charge is 2.17. The Labute approximate surface area is 160 Å². The molecule has 0 aliphatic heterocycles. The Bertz CT molecular complexity index is 982. The molecule has 0 radical (unpaired) electrons. The molecule has 11 nitrogen and oxygen atoms in total. The molecule has 0 fully saturated rings. The van der Waals surface area contributed by atoms with Crippen molar-refractivity contribution in [1.29, 1.82) is 0 Å². The molecule has 148 valence electrons. The summed E-state index contributed by atoms with van der Waals surface area (Å²) in [7, 11) is -1.32. The number of sulfonamides is 1. The third kappa shape index (κ3) is 5.67. The van der Waals surface area contributed by atoms with Gasteiger partial charge in [0.05, 0.1) is 25.1 Å². The Morgan fingerprint density at radius 1 is 1.07 bits per heavy atom. The summed E-state index contributed by atoms with van der Waals surface area (Å²) in [4.78, 5) is 29.4. The van der Waals surface area contributed by atoms with Crippen LogP contribution in [0.15, 0.2) is 47.4 Å². The maximum atomic E-state index is 12.5. The smallest absolute Gasteiger partial charge is 0.321 e. The van der Waals surface area contributed by atoms with Gasteiger partial charge in [-0.25, -0.2) is 8.42 Å². The van der Waals surface area contributed by atoms with E-state index in [-0.39, 0.29) is 28.3 Å². The number of nitrogens with zero attached hydrogens (tertiary/aromatic N) is 2. The van der Waals surface area contributed by atoms with E-state index in [0.29, 0.717) is 6.08 Å². The van der Waals surface area contributed by atoms with Crippen LogP contribution in [0.5, 0.6) is 11.9 Å². The number of amides is 1. The third-order valence-electron chi connectivity index (χ3n) is 3.12. The van der Waals surface area contributed by atoms with Gasteiger partial charge in [0.1, 0.15) is 0 Å². The number of hydrogen-bond acceptors (Lipinski definition) is 9. The van der Waals surface area contributed by atoms with Gasteiger partial charge in [0.15, 0.2) is 5.82 Å². The topological polar surface area (TPSA) is 160 Å². The fourth-order valence-corrected chi connectivity index (χ4v) is 2.89. The normalized spacial score (nSPS) is 11.1. The van der Waals surface area contributed by atoms with Crippen molar-refractivity contribution in [1.82, 2.24) is 9.97 Å². The molecule has 1 heterocycles. The molecule has 0 spiro atoms. The van der Waals surface area contributed by atoms with Crippen molar-refractivity contribution in [3.63, 3.8) is 0 Å². The Kier molecular flexibility index (Phi) is 6.50. The first-order chi connectivity index (χ1) is 13.2. The summed E-state index contributed by atoms with van der Waals surface area (Å²) in [6.07, 6.45) is 1.35. The minimum Gasteiger partial charge on any atom is -0.545 e. The number of anilines is 2. The van der Waals surface area contributed by atoms with Crippen molar-refractivity contribution in [2.75, 3.05) is 24.3 Å². The van der Waals surface area contributed by atoms with E-state index in [1.165, 1.54) is 44.6 Å². The van der Waals surface area contributed by atoms with Crippen molar-refractivity contribution in [2.45, 2.75) is 4.90 Å². The summed E-state index contributed by atoms with van der Waals surface area (Å²) in [5.41, 5.74) is 0.261. The largest absolute Gasteiger partial charge is 0.545 e. The van der Waals surface area contributed by atoms with Crippen molar-refractivity contribution in [3.05, 3.63) is 42.5 Å². The molecule has 28 heavy (non-hydrogen) atoms. The lowest BCUT2D eigenvalue weighted by atomic mass is 10.3. The Morgan fingerprint density at radius 2 is 1.75 bits per heavy atom. The minimum atomic E-state index is -3.99. The number of benzene rings is 1. The molecule has 0 atom stereocenters. The summed E-state index contributed by atoms with van der Waals surface area (Å²) in [6.45, 7) is 0. The van der Waals surface area contributed by atoms with Gasteiger partial charge in [-0.1, -0.05) is 0 Å². The van der Waals surface area contributed by atoms with Crippen LogP contribution in [0.25, 0.3) is 0 Å². The second-order valence-corrected chi connectivity index (χ2v) is 6.74. The Hall–Kier alpha value is -3.67. The van der Waals surface area contributed by atoms with Crippen LogP contribution in [-0.4, -0.2) is 44.5 Å². The number of carbonyl (C=O) groups is 2. The molecule has 2 N–H and O–H groups in total. The first-order valence-electron chi connectivity index (χ1n) is 7.53. The predicted octanol–water partition coefficient (Wildman–Crippen LogP) is -0.461. The minimum absolute atomic E-state index is 0.0616. The summed E-state index contributed by atoms with van der Waals surface area (Å²) < 4.78 is 37.1. The zero-order chi connectivity index (χ0) is 20.7. The van der Waals surface area contributed by atoms with E-state index in [2.05, 4.69) is 20.0 Å². The van der Waals surface area contributed by atoms with Crippen LogP contribution in [-0.2, 0) is 19.6 Å². The number of rotatable bonds is 8. The number of carboxylic acids is 1. The number of carboxylic acid groups (broad SMARTS) is 1. The SMILES string of the molecule is COc1cc(NS(=O)(=O)c2ccc(NC(=O)/C=C/C(=O)[O-])cc2)nc(OC)n1. The number of ether oxygens (including phenoxy) is 2. The Balaban J connectivity index is 2.16. The molecular weight excluding hydrogens is 392 g/mol. The molecular formula is C16H15N4O7S-. The third-order valence-corrected chi connectivity index (χ3v) is 4.49. The average molecular weight is 407 g/mol. The van der Waals surface area contributed by atoms with Gasteiger partial charge in [-0.15, -0.1) is 0 Å². The van der Waals surface area contributed by atoms with Crippen molar-refractivity contribution in [3.8, 4) is 11.9 Å². The van der Waals surface area contributed by atoms with E-state index < -0.39 is 21.9 Å². The fourth-order valence-electron chi connectivity index (χ4n) is 1.89. The van der Waals surface area contributed by atoms with Gasteiger partial charge < -0.3 is 24.7 Å². The number of carbonyl (C=O) groups excluding carboxylic acids is 2. The molecule has 2 rings (SSSR count). The van der Waals surface area contributed by atoms with Gasteiger partial charge in [-0.2, -0.15) is 9.97 Å². The van der Waals surface area contributed by atoms with Crippen molar-refractivity contribution in [2.24, 2.45) is 0 Å². The quantitative estimate of drug-likeness (QED) is 0.552. The predicted molar refractivity (Wildman–Crippen MR) is 95.2 cm³/mol. The first-order valence-corrected chi connectivity index (χ1v) is 9.02. The maximum absolute atomic E-state index is 12.5. The maximum Gasteiger partial charge on any atom is 0.321 e. The van der Waals surface area contributed by atoms with Crippen LogP contribution < -0.4 is 24.6 Å². The summed E-state index contributed by atoms with van der Waals surface area (Å²) in [5.74, 6) is -2.18. The zero-order valence-electron chi connectivity index (χ0n) is 14.7. The number of nitrogens with one attached hydrogen (secondary N) is 2. The van der Waals surface area contributed by atoms with Gasteiger partial charge in [0.2, 0.25) is 11.8 Å². The standard InChI is InChI=1S/C16H16N4O7S/c1-26-14-9-12(18-16(19-14)27-2)20-28(24,25)11-5-3-10(4-6-11)17-13(21)7-8-15(22)23/h3-9H,1-2H3,(H,17,21)(H,22,23)(H,18,19,20)/p-1/b8-7+. The molecule has 1 aromatic heterocycles. The van der Waals surface area contributed by atoms with Crippen LogP contribution in [0.1, 0.15) is 0 Å². The molecule has 0 aliphatic carbocycles. The molecule has 12 heteroatoms. The molecule has 0 aliphatic rings. The first kappa shape index (κ1) is 20.6.